The van der Waals surface area contributed by atoms with Crippen molar-refractivity contribution < 1.29 is 9.53 Å². The molecule has 0 saturated carbocycles. The van der Waals surface area contributed by atoms with Crippen LogP contribution in [0.25, 0.3) is 10.9 Å². The maximum Gasteiger partial charge on any atom is 0.276 e. The molecule has 2 aliphatic rings. The van der Waals surface area contributed by atoms with Gasteiger partial charge in [-0.3, -0.25) is 9.69 Å². The van der Waals surface area contributed by atoms with Gasteiger partial charge >= 0.3 is 0 Å². The van der Waals surface area contributed by atoms with E-state index in [4.69, 9.17) is 4.74 Å². The number of ether oxygens (including phenoxy) is 1. The number of amides is 1. The molecule has 2 saturated heterocycles. The number of fused-ring (bicyclic) bond motifs is 4. The molecule has 2 aromatic heterocycles. The van der Waals surface area contributed by atoms with Crippen molar-refractivity contribution in [3.05, 3.63) is 47.4 Å². The Morgan fingerprint density at radius 1 is 1.21 bits per heavy atom. The summed E-state index contributed by atoms with van der Waals surface area (Å²) in [5.74, 6) is 0.232. The van der Waals surface area contributed by atoms with Gasteiger partial charge in [-0.25, -0.2) is 0 Å². The third kappa shape index (κ3) is 3.08. The number of nitrogens with one attached hydrogen (secondary N) is 2. The fraction of sp³-hybridized carbons (Fsp3) is 0.450. The van der Waals surface area contributed by atoms with Gasteiger partial charge < -0.3 is 14.6 Å². The fourth-order valence-electron chi connectivity index (χ4n) is 4.47. The minimum Gasteiger partial charge on any atom is -0.379 e. The average molecular weight is 380 g/mol. The molecule has 2 N–H and O–H groups in total. The van der Waals surface area contributed by atoms with E-state index >= 15 is 0 Å². The summed E-state index contributed by atoms with van der Waals surface area (Å²) in [4.78, 5) is 20.8. The second-order valence-electron chi connectivity index (χ2n) is 7.82. The van der Waals surface area contributed by atoms with Crippen molar-refractivity contribution >= 4 is 16.8 Å². The first-order chi connectivity index (χ1) is 13.7. The molecule has 1 amide bonds. The Labute approximate surface area is 162 Å². The molecule has 8 heteroatoms. The van der Waals surface area contributed by atoms with Crippen LogP contribution in [0.15, 0.2) is 30.5 Å². The predicted molar refractivity (Wildman–Crippen MR) is 104 cm³/mol. The lowest BCUT2D eigenvalue weighted by molar-refractivity contribution is 0.0422. The zero-order valence-electron chi connectivity index (χ0n) is 15.9. The van der Waals surface area contributed by atoms with Crippen LogP contribution in [0, 0.1) is 12.8 Å². The summed E-state index contributed by atoms with van der Waals surface area (Å²) in [5.41, 5.74) is 3.52. The van der Waals surface area contributed by atoms with Crippen molar-refractivity contribution in [3.63, 3.8) is 0 Å². The summed E-state index contributed by atoms with van der Waals surface area (Å²) in [6.45, 7) is 6.32. The van der Waals surface area contributed by atoms with Crippen LogP contribution < -0.4 is 0 Å². The van der Waals surface area contributed by atoms with Gasteiger partial charge in [0.15, 0.2) is 5.69 Å². The van der Waals surface area contributed by atoms with Gasteiger partial charge in [-0.2, -0.15) is 15.4 Å². The minimum absolute atomic E-state index is 0.0153. The Bertz CT molecular complexity index is 995. The molecule has 5 rings (SSSR count). The topological polar surface area (TPSA) is 90.1 Å². The quantitative estimate of drug-likeness (QED) is 0.720. The van der Waals surface area contributed by atoms with Gasteiger partial charge in [-0.15, -0.1) is 0 Å². The molecule has 0 radical (unpaired) electrons. The Morgan fingerprint density at radius 3 is 3.00 bits per heavy atom. The highest BCUT2D eigenvalue weighted by atomic mass is 16.5. The number of aryl methyl sites for hydroxylation is 1. The van der Waals surface area contributed by atoms with Crippen molar-refractivity contribution in [3.8, 4) is 0 Å². The first-order valence-electron chi connectivity index (χ1n) is 9.72. The van der Waals surface area contributed by atoms with E-state index in [1.165, 1.54) is 10.9 Å². The normalized spacial score (nSPS) is 23.1. The number of aromatic nitrogens is 4. The molecule has 1 aromatic carbocycles. The average Bonchev–Trinajstić information content (AvgIpc) is 3.23. The van der Waals surface area contributed by atoms with Crippen molar-refractivity contribution in [1.82, 2.24) is 30.2 Å². The van der Waals surface area contributed by atoms with E-state index in [-0.39, 0.29) is 17.9 Å². The van der Waals surface area contributed by atoms with Crippen LogP contribution in [0.4, 0.5) is 0 Å². The van der Waals surface area contributed by atoms with Crippen molar-refractivity contribution in [2.45, 2.75) is 19.5 Å². The Hall–Kier alpha value is -2.71. The standard InChI is InChI=1S/C20H24N6O2/c1-13-19(23-24-22-13)20(27)26-8-14-7-25(10-16(26)12-28-11-14)9-15-3-2-4-18-17(15)5-6-21-18/h2-6,14,16,21H,7-12H2,1H3,(H,22,23,24)/t14-,16-/m0/s1. The number of aromatic amines is 2. The van der Waals surface area contributed by atoms with E-state index in [1.807, 2.05) is 11.1 Å². The largest absolute Gasteiger partial charge is 0.379 e. The van der Waals surface area contributed by atoms with E-state index in [0.29, 0.717) is 31.1 Å². The molecule has 28 heavy (non-hydrogen) atoms. The Morgan fingerprint density at radius 2 is 2.14 bits per heavy atom. The molecular weight excluding hydrogens is 356 g/mol. The summed E-state index contributed by atoms with van der Waals surface area (Å²) in [7, 11) is 0. The van der Waals surface area contributed by atoms with Gasteiger partial charge in [0.05, 0.1) is 24.9 Å². The van der Waals surface area contributed by atoms with Crippen LogP contribution in [-0.4, -0.2) is 75.0 Å². The highest BCUT2D eigenvalue weighted by Gasteiger charge is 2.37. The lowest BCUT2D eigenvalue weighted by Crippen LogP contribution is -2.46. The number of hydrogen-bond donors (Lipinski definition) is 2. The highest BCUT2D eigenvalue weighted by Crippen LogP contribution is 2.25. The molecule has 0 unspecified atom stereocenters. The van der Waals surface area contributed by atoms with Gasteiger partial charge in [-0.05, 0) is 24.6 Å². The highest BCUT2D eigenvalue weighted by molar-refractivity contribution is 5.93. The summed E-state index contributed by atoms with van der Waals surface area (Å²) in [6, 6.07) is 8.54. The fourth-order valence-corrected chi connectivity index (χ4v) is 4.47. The van der Waals surface area contributed by atoms with Gasteiger partial charge in [0.25, 0.3) is 5.91 Å². The van der Waals surface area contributed by atoms with Crippen molar-refractivity contribution in [1.29, 1.82) is 0 Å². The van der Waals surface area contributed by atoms with Crippen molar-refractivity contribution in [2.75, 3.05) is 32.8 Å². The SMILES string of the molecule is Cc1n[nH]nc1C(=O)N1C[C@H]2COC[C@@H]1CN(Cc1cccc3[nH]ccc13)C2. The molecular formula is C20H24N6O2. The first-order valence-corrected chi connectivity index (χ1v) is 9.72. The molecule has 2 fully saturated rings. The number of carbonyl (C=O) groups is 1. The monoisotopic (exact) mass is 380 g/mol. The summed E-state index contributed by atoms with van der Waals surface area (Å²) in [6.07, 6.45) is 1.99. The molecule has 2 bridgehead atoms. The number of benzene rings is 1. The molecule has 8 nitrogen and oxygen atoms in total. The second kappa shape index (κ2) is 7.03. The van der Waals surface area contributed by atoms with E-state index in [2.05, 4.69) is 49.6 Å². The lowest BCUT2D eigenvalue weighted by atomic mass is 10.1. The molecule has 4 heterocycles. The minimum atomic E-state index is -0.0543. The number of H-pyrrole nitrogens is 2. The van der Waals surface area contributed by atoms with Crippen LogP contribution in [0.2, 0.25) is 0 Å². The van der Waals surface area contributed by atoms with Crippen LogP contribution in [0.1, 0.15) is 21.7 Å². The molecule has 0 spiro atoms. The van der Waals surface area contributed by atoms with Crippen LogP contribution in [0.3, 0.4) is 0 Å². The summed E-state index contributed by atoms with van der Waals surface area (Å²) in [5, 5.41) is 11.9. The number of nitrogens with zero attached hydrogens (tertiary/aromatic N) is 4. The van der Waals surface area contributed by atoms with Gasteiger partial charge in [0.1, 0.15) is 0 Å². The summed E-state index contributed by atoms with van der Waals surface area (Å²) < 4.78 is 5.88. The van der Waals surface area contributed by atoms with E-state index in [9.17, 15) is 4.79 Å². The maximum absolute atomic E-state index is 13.1. The third-order valence-electron chi connectivity index (χ3n) is 5.81. The smallest absolute Gasteiger partial charge is 0.276 e. The van der Waals surface area contributed by atoms with E-state index in [0.717, 1.165) is 25.2 Å². The molecule has 2 atom stereocenters. The number of hydrogen-bond acceptors (Lipinski definition) is 5. The van der Waals surface area contributed by atoms with E-state index < -0.39 is 0 Å². The Kier molecular flexibility index (Phi) is 4.37. The molecule has 0 aliphatic carbocycles. The predicted octanol–water partition coefficient (Wildman–Crippen LogP) is 1.57. The van der Waals surface area contributed by atoms with Gasteiger partial charge in [-0.1, -0.05) is 12.1 Å². The molecule has 2 aliphatic heterocycles. The van der Waals surface area contributed by atoms with Crippen molar-refractivity contribution in [2.24, 2.45) is 5.92 Å². The first kappa shape index (κ1) is 17.4. The summed E-state index contributed by atoms with van der Waals surface area (Å²) >= 11 is 0. The van der Waals surface area contributed by atoms with Crippen LogP contribution in [0.5, 0.6) is 0 Å². The lowest BCUT2D eigenvalue weighted by Gasteiger charge is -2.31. The molecule has 146 valence electrons. The maximum atomic E-state index is 13.1. The van der Waals surface area contributed by atoms with Crippen LogP contribution in [-0.2, 0) is 11.3 Å². The zero-order chi connectivity index (χ0) is 19.1. The van der Waals surface area contributed by atoms with Gasteiger partial charge in [0.2, 0.25) is 0 Å². The van der Waals surface area contributed by atoms with Crippen LogP contribution >= 0.6 is 0 Å². The number of carbonyl (C=O) groups excluding carboxylic acids is 1. The van der Waals surface area contributed by atoms with Gasteiger partial charge in [0, 0.05) is 49.2 Å². The second-order valence-corrected chi connectivity index (χ2v) is 7.82. The zero-order valence-corrected chi connectivity index (χ0v) is 15.9. The molecule has 3 aromatic rings. The Balaban J connectivity index is 1.40. The van der Waals surface area contributed by atoms with E-state index in [1.54, 1.807) is 6.92 Å². The number of rotatable bonds is 3. The third-order valence-corrected chi connectivity index (χ3v) is 5.81.